The van der Waals surface area contributed by atoms with Crippen LogP contribution >= 0.6 is 0 Å². The molecule has 0 aromatic heterocycles. The first-order valence-electron chi connectivity index (χ1n) is 7.84. The molecule has 4 nitrogen and oxygen atoms in total. The van der Waals surface area contributed by atoms with Gasteiger partial charge in [-0.25, -0.2) is 0 Å². The maximum atomic E-state index is 12.6. The minimum absolute atomic E-state index is 0.145. The SMILES string of the molecule is C[C@H](NC(=O)[C@H]([C@@H](C)O)[C@@H](N)c1ccccc1)c1ccccc1. The van der Waals surface area contributed by atoms with E-state index >= 15 is 0 Å². The molecule has 0 radical (unpaired) electrons. The normalized spacial score (nSPS) is 16.2. The molecule has 122 valence electrons. The molecule has 2 rings (SSSR count). The van der Waals surface area contributed by atoms with E-state index < -0.39 is 18.1 Å². The summed E-state index contributed by atoms with van der Waals surface area (Å²) in [4.78, 5) is 12.6. The molecule has 1 amide bonds. The quantitative estimate of drug-likeness (QED) is 0.767. The van der Waals surface area contributed by atoms with Gasteiger partial charge in [0.15, 0.2) is 0 Å². The number of benzene rings is 2. The standard InChI is InChI=1S/C19H24N2O2/c1-13(15-9-5-3-6-10-15)21-19(23)17(14(2)22)18(20)16-11-7-4-8-12-16/h3-14,17-18,22H,20H2,1-2H3,(H,21,23)/t13-,14+,17+,18-/m0/s1. The molecule has 2 aromatic rings. The van der Waals surface area contributed by atoms with Crippen LogP contribution in [0, 0.1) is 5.92 Å². The second-order valence-corrected chi connectivity index (χ2v) is 5.84. The fraction of sp³-hybridized carbons (Fsp3) is 0.316. The first-order valence-corrected chi connectivity index (χ1v) is 7.84. The molecule has 0 aliphatic rings. The highest BCUT2D eigenvalue weighted by molar-refractivity contribution is 5.80. The van der Waals surface area contributed by atoms with E-state index in [1.54, 1.807) is 6.92 Å². The summed E-state index contributed by atoms with van der Waals surface area (Å²) in [6, 6.07) is 18.4. The van der Waals surface area contributed by atoms with Crippen molar-refractivity contribution in [2.45, 2.75) is 32.0 Å². The maximum Gasteiger partial charge on any atom is 0.228 e. The monoisotopic (exact) mass is 312 g/mol. The van der Waals surface area contributed by atoms with Crippen LogP contribution in [0.4, 0.5) is 0 Å². The second kappa shape index (κ2) is 7.90. The number of carbonyl (C=O) groups is 1. The Morgan fingerprint density at radius 1 is 0.957 bits per heavy atom. The number of hydrogen-bond donors (Lipinski definition) is 3. The van der Waals surface area contributed by atoms with Crippen LogP contribution in [-0.2, 0) is 4.79 Å². The van der Waals surface area contributed by atoms with Crippen molar-refractivity contribution < 1.29 is 9.90 Å². The van der Waals surface area contributed by atoms with E-state index in [1.807, 2.05) is 67.6 Å². The Morgan fingerprint density at radius 3 is 1.91 bits per heavy atom. The Bertz CT molecular complexity index is 614. The van der Waals surface area contributed by atoms with E-state index in [1.165, 1.54) is 0 Å². The molecule has 2 aromatic carbocycles. The van der Waals surface area contributed by atoms with Crippen molar-refractivity contribution >= 4 is 5.91 Å². The maximum absolute atomic E-state index is 12.6. The predicted octanol–water partition coefficient (Wildman–Crippen LogP) is 2.56. The summed E-state index contributed by atoms with van der Waals surface area (Å²) in [6.07, 6.45) is -0.840. The van der Waals surface area contributed by atoms with Crippen molar-refractivity contribution in [1.29, 1.82) is 0 Å². The number of nitrogens with one attached hydrogen (secondary N) is 1. The van der Waals surface area contributed by atoms with Crippen molar-refractivity contribution in [3.05, 3.63) is 71.8 Å². The molecule has 0 aliphatic carbocycles. The average Bonchev–Trinajstić information content (AvgIpc) is 2.56. The van der Waals surface area contributed by atoms with Crippen molar-refractivity contribution in [3.8, 4) is 0 Å². The summed E-state index contributed by atoms with van der Waals surface area (Å²) in [5, 5.41) is 13.0. The number of hydrogen-bond acceptors (Lipinski definition) is 3. The van der Waals surface area contributed by atoms with Crippen LogP contribution in [0.25, 0.3) is 0 Å². The van der Waals surface area contributed by atoms with Crippen LogP contribution in [0.5, 0.6) is 0 Å². The molecule has 0 saturated carbocycles. The Balaban J connectivity index is 2.13. The van der Waals surface area contributed by atoms with Gasteiger partial charge in [-0.2, -0.15) is 0 Å². The van der Waals surface area contributed by atoms with Gasteiger partial charge in [0.2, 0.25) is 5.91 Å². The van der Waals surface area contributed by atoms with Crippen LogP contribution in [-0.4, -0.2) is 17.1 Å². The fourth-order valence-electron chi connectivity index (χ4n) is 2.70. The highest BCUT2D eigenvalue weighted by atomic mass is 16.3. The molecule has 4 N–H and O–H groups in total. The molecule has 0 bridgehead atoms. The minimum atomic E-state index is -0.840. The van der Waals surface area contributed by atoms with Crippen LogP contribution in [0.2, 0.25) is 0 Å². The number of rotatable bonds is 6. The molecule has 23 heavy (non-hydrogen) atoms. The molecule has 0 unspecified atom stereocenters. The zero-order valence-corrected chi connectivity index (χ0v) is 13.5. The molecule has 4 atom stereocenters. The molecule has 0 spiro atoms. The van der Waals surface area contributed by atoms with Crippen LogP contribution in [0.3, 0.4) is 0 Å². The molecule has 0 fully saturated rings. The number of aliphatic hydroxyl groups excluding tert-OH is 1. The van der Waals surface area contributed by atoms with E-state index in [2.05, 4.69) is 5.32 Å². The Hall–Kier alpha value is -2.17. The van der Waals surface area contributed by atoms with Gasteiger partial charge in [-0.15, -0.1) is 0 Å². The number of amides is 1. The van der Waals surface area contributed by atoms with E-state index in [9.17, 15) is 9.90 Å². The van der Waals surface area contributed by atoms with E-state index in [4.69, 9.17) is 5.73 Å². The predicted molar refractivity (Wildman–Crippen MR) is 91.5 cm³/mol. The molecule has 0 saturated heterocycles. The summed E-state index contributed by atoms with van der Waals surface area (Å²) in [6.45, 7) is 3.51. The Labute approximate surface area is 137 Å². The van der Waals surface area contributed by atoms with Crippen LogP contribution in [0.15, 0.2) is 60.7 Å². The van der Waals surface area contributed by atoms with Crippen LogP contribution < -0.4 is 11.1 Å². The number of carbonyl (C=O) groups excluding carboxylic acids is 1. The molecular weight excluding hydrogens is 288 g/mol. The lowest BCUT2D eigenvalue weighted by Crippen LogP contribution is -2.43. The third kappa shape index (κ3) is 4.41. The largest absolute Gasteiger partial charge is 0.393 e. The van der Waals surface area contributed by atoms with Gasteiger partial charge in [0, 0.05) is 6.04 Å². The molecule has 0 aliphatic heterocycles. The first kappa shape index (κ1) is 17.2. The summed E-state index contributed by atoms with van der Waals surface area (Å²) in [5.41, 5.74) is 8.08. The zero-order chi connectivity index (χ0) is 16.8. The van der Waals surface area contributed by atoms with Gasteiger partial charge in [-0.1, -0.05) is 60.7 Å². The van der Waals surface area contributed by atoms with Crippen LogP contribution in [0.1, 0.15) is 37.1 Å². The summed E-state index contributed by atoms with van der Waals surface area (Å²) in [5.74, 6) is -0.948. The smallest absolute Gasteiger partial charge is 0.228 e. The molecule has 4 heteroatoms. The highest BCUT2D eigenvalue weighted by Gasteiger charge is 2.31. The Morgan fingerprint density at radius 2 is 1.43 bits per heavy atom. The van der Waals surface area contributed by atoms with Gasteiger partial charge in [0.1, 0.15) is 0 Å². The van der Waals surface area contributed by atoms with Crippen molar-refractivity contribution in [2.75, 3.05) is 0 Å². The van der Waals surface area contributed by atoms with Crippen molar-refractivity contribution in [3.63, 3.8) is 0 Å². The number of nitrogens with two attached hydrogens (primary N) is 1. The van der Waals surface area contributed by atoms with E-state index in [-0.39, 0.29) is 11.9 Å². The van der Waals surface area contributed by atoms with Gasteiger partial charge in [-0.3, -0.25) is 4.79 Å². The fourth-order valence-corrected chi connectivity index (χ4v) is 2.70. The van der Waals surface area contributed by atoms with Gasteiger partial charge < -0.3 is 16.2 Å². The average molecular weight is 312 g/mol. The third-order valence-electron chi connectivity index (χ3n) is 4.05. The molecule has 0 heterocycles. The lowest BCUT2D eigenvalue weighted by molar-refractivity contribution is -0.129. The van der Waals surface area contributed by atoms with Gasteiger partial charge in [0.25, 0.3) is 0 Å². The van der Waals surface area contributed by atoms with E-state index in [0.29, 0.717) is 0 Å². The third-order valence-corrected chi connectivity index (χ3v) is 4.05. The van der Waals surface area contributed by atoms with Gasteiger partial charge in [0.05, 0.1) is 18.1 Å². The van der Waals surface area contributed by atoms with Gasteiger partial charge >= 0.3 is 0 Å². The van der Waals surface area contributed by atoms with Gasteiger partial charge in [-0.05, 0) is 25.0 Å². The topological polar surface area (TPSA) is 75.3 Å². The zero-order valence-electron chi connectivity index (χ0n) is 13.5. The number of aliphatic hydroxyl groups is 1. The second-order valence-electron chi connectivity index (χ2n) is 5.84. The summed E-state index contributed by atoms with van der Waals surface area (Å²) >= 11 is 0. The first-order chi connectivity index (χ1) is 11.0. The lowest BCUT2D eigenvalue weighted by Gasteiger charge is -2.27. The van der Waals surface area contributed by atoms with Crippen molar-refractivity contribution in [1.82, 2.24) is 5.32 Å². The molecular formula is C19H24N2O2. The van der Waals surface area contributed by atoms with Crippen molar-refractivity contribution in [2.24, 2.45) is 11.7 Å². The minimum Gasteiger partial charge on any atom is -0.393 e. The summed E-state index contributed by atoms with van der Waals surface area (Å²) < 4.78 is 0. The lowest BCUT2D eigenvalue weighted by atomic mass is 9.88. The highest BCUT2D eigenvalue weighted by Crippen LogP contribution is 2.24. The summed E-state index contributed by atoms with van der Waals surface area (Å²) in [7, 11) is 0. The van der Waals surface area contributed by atoms with E-state index in [0.717, 1.165) is 11.1 Å². The Kier molecular flexibility index (Phi) is 5.90.